The highest BCUT2D eigenvalue weighted by Gasteiger charge is 2.43. The number of phenolic OH excluding ortho intramolecular Hbond substituents is 2. The SMILES string of the molecule is CC(C)(C)c1cc(CS[C@@H]2CCCCCC[C@H]2SCc2cc(C(C)(C)C)cc(C(c3ccccc3)(c3ccccc3)c3ccccc3)c2O)c(O)c(C(c2ccccc2)(c2ccccc2)c2ccccc2)c1. The Hall–Kier alpha value is -5.94. The average Bonchev–Trinajstić information content (AvgIpc) is 3.39. The Morgan fingerprint density at radius 1 is 0.347 bits per heavy atom. The minimum absolute atomic E-state index is 0.169. The summed E-state index contributed by atoms with van der Waals surface area (Å²) in [5.74, 6) is 2.14. The summed E-state index contributed by atoms with van der Waals surface area (Å²) in [7, 11) is 0. The van der Waals surface area contributed by atoms with Gasteiger partial charge in [-0.15, -0.1) is 0 Å². The van der Waals surface area contributed by atoms with E-state index < -0.39 is 10.8 Å². The Balaban J connectivity index is 1.12. The Morgan fingerprint density at radius 2 is 0.597 bits per heavy atom. The summed E-state index contributed by atoms with van der Waals surface area (Å²) >= 11 is 4.05. The predicted molar refractivity (Wildman–Crippen MR) is 308 cm³/mol. The van der Waals surface area contributed by atoms with Gasteiger partial charge in [0.1, 0.15) is 11.5 Å². The van der Waals surface area contributed by atoms with Crippen LogP contribution in [0.25, 0.3) is 0 Å². The van der Waals surface area contributed by atoms with E-state index in [1.807, 2.05) is 23.5 Å². The fourth-order valence-electron chi connectivity index (χ4n) is 11.3. The Bertz CT molecular complexity index is 2590. The third-order valence-corrected chi connectivity index (χ3v) is 18.3. The van der Waals surface area contributed by atoms with Crippen molar-refractivity contribution in [1.82, 2.24) is 0 Å². The summed E-state index contributed by atoms with van der Waals surface area (Å²) < 4.78 is 0. The molecule has 2 atom stereocenters. The van der Waals surface area contributed by atoms with Crippen molar-refractivity contribution >= 4 is 23.5 Å². The van der Waals surface area contributed by atoms with Gasteiger partial charge in [-0.1, -0.05) is 261 Å². The van der Waals surface area contributed by atoms with E-state index in [0.717, 1.165) is 68.5 Å². The smallest absolute Gasteiger partial charge is 0.124 e. The molecule has 0 spiro atoms. The molecule has 0 radical (unpaired) electrons. The second-order valence-corrected chi connectivity index (χ2v) is 24.4. The molecule has 368 valence electrons. The molecule has 0 heterocycles. The third kappa shape index (κ3) is 10.3. The lowest BCUT2D eigenvalue weighted by Gasteiger charge is -2.39. The molecule has 1 saturated carbocycles. The molecule has 8 aromatic carbocycles. The lowest BCUT2D eigenvalue weighted by Crippen LogP contribution is -2.32. The average molecular weight is 985 g/mol. The molecule has 72 heavy (non-hydrogen) atoms. The van der Waals surface area contributed by atoms with E-state index in [0.29, 0.717) is 33.5 Å². The normalized spacial score (nSPS) is 15.9. The molecule has 0 saturated heterocycles. The van der Waals surface area contributed by atoms with Crippen LogP contribution in [0, 0.1) is 0 Å². The second-order valence-electron chi connectivity index (χ2n) is 21.9. The first-order valence-corrected chi connectivity index (χ1v) is 28.2. The number of phenols is 2. The zero-order chi connectivity index (χ0) is 50.4. The quantitative estimate of drug-likeness (QED) is 0.107. The van der Waals surface area contributed by atoms with Gasteiger partial charge >= 0.3 is 0 Å². The van der Waals surface area contributed by atoms with E-state index in [1.165, 1.54) is 36.8 Å². The van der Waals surface area contributed by atoms with Crippen LogP contribution in [0.5, 0.6) is 11.5 Å². The van der Waals surface area contributed by atoms with Crippen molar-refractivity contribution in [3.63, 3.8) is 0 Å². The fourth-order valence-corrected chi connectivity index (χ4v) is 14.4. The van der Waals surface area contributed by atoms with Gasteiger partial charge in [0, 0.05) is 44.3 Å². The highest BCUT2D eigenvalue weighted by atomic mass is 32.2. The van der Waals surface area contributed by atoms with Crippen molar-refractivity contribution in [3.05, 3.63) is 273 Å². The van der Waals surface area contributed by atoms with E-state index in [1.54, 1.807) is 0 Å². The molecule has 1 aliphatic rings. The monoisotopic (exact) mass is 984 g/mol. The lowest BCUT2D eigenvalue weighted by atomic mass is 9.64. The zero-order valence-electron chi connectivity index (χ0n) is 43.2. The van der Waals surface area contributed by atoms with Crippen LogP contribution in [0.15, 0.2) is 206 Å². The summed E-state index contributed by atoms with van der Waals surface area (Å²) in [6, 6.07) is 73.7. The molecule has 2 nitrogen and oxygen atoms in total. The van der Waals surface area contributed by atoms with Gasteiger partial charge in [0.25, 0.3) is 0 Å². The Morgan fingerprint density at radius 3 is 0.833 bits per heavy atom. The molecule has 0 amide bonds. The van der Waals surface area contributed by atoms with E-state index in [9.17, 15) is 10.2 Å². The Kier molecular flexibility index (Phi) is 15.6. The van der Waals surface area contributed by atoms with Crippen molar-refractivity contribution in [3.8, 4) is 11.5 Å². The maximum Gasteiger partial charge on any atom is 0.124 e. The standard InChI is InChI=1S/C68H72O2S2/c1-65(2,3)57-43-49(63(69)59(45-57)67(51-29-15-9-16-30-51,52-31-17-10-18-32-52)53-33-19-11-20-34-53)47-71-61-41-27-7-8-28-42-62(61)72-48-50-44-58(66(4,5)6)46-60(64(50)70)68(54-35-21-12-22-36-54,55-37-23-13-24-38-55)56-39-25-14-26-40-56/h9-26,29-40,43-46,61-62,69-70H,7-8,27-28,41-42,47-48H2,1-6H3/t61-,62-/m1/s1. The van der Waals surface area contributed by atoms with E-state index >= 15 is 0 Å². The number of rotatable bonds is 14. The first-order valence-electron chi connectivity index (χ1n) is 26.1. The van der Waals surface area contributed by atoms with E-state index in [4.69, 9.17) is 0 Å². The van der Waals surface area contributed by atoms with Crippen LogP contribution in [0.3, 0.4) is 0 Å². The van der Waals surface area contributed by atoms with Gasteiger partial charge < -0.3 is 10.2 Å². The molecule has 4 heteroatoms. The number of thioether (sulfide) groups is 2. The molecule has 0 aromatic heterocycles. The highest BCUT2D eigenvalue weighted by Crippen LogP contribution is 2.53. The summed E-state index contributed by atoms with van der Waals surface area (Å²) in [4.78, 5) is 0. The minimum Gasteiger partial charge on any atom is -0.507 e. The van der Waals surface area contributed by atoms with Crippen LogP contribution in [-0.2, 0) is 33.2 Å². The molecule has 0 bridgehead atoms. The summed E-state index contributed by atoms with van der Waals surface area (Å²) in [5.41, 5.74) is 11.1. The minimum atomic E-state index is -0.769. The summed E-state index contributed by atoms with van der Waals surface area (Å²) in [6.45, 7) is 13.7. The zero-order valence-corrected chi connectivity index (χ0v) is 44.8. The van der Waals surface area contributed by atoms with Gasteiger partial charge in [0.05, 0.1) is 10.8 Å². The van der Waals surface area contributed by atoms with Gasteiger partial charge in [-0.25, -0.2) is 0 Å². The molecule has 2 N–H and O–H groups in total. The van der Waals surface area contributed by atoms with Crippen molar-refractivity contribution in [1.29, 1.82) is 0 Å². The van der Waals surface area contributed by atoms with Crippen molar-refractivity contribution < 1.29 is 10.2 Å². The molecule has 0 aliphatic heterocycles. The molecular formula is C68H72O2S2. The van der Waals surface area contributed by atoms with Crippen molar-refractivity contribution in [2.24, 2.45) is 0 Å². The molecule has 8 aromatic rings. The van der Waals surface area contributed by atoms with Crippen LogP contribution >= 0.6 is 23.5 Å². The fraction of sp³-hybridized carbons (Fsp3) is 0.294. The van der Waals surface area contributed by atoms with Crippen LogP contribution in [0.1, 0.15) is 147 Å². The summed E-state index contributed by atoms with van der Waals surface area (Å²) in [5, 5.41) is 26.9. The van der Waals surface area contributed by atoms with Crippen molar-refractivity contribution in [2.45, 2.75) is 124 Å². The first kappa shape index (κ1) is 51.0. The molecule has 0 unspecified atom stereocenters. The number of hydrogen-bond acceptors (Lipinski definition) is 4. The number of benzene rings is 8. The van der Waals surface area contributed by atoms with E-state index in [-0.39, 0.29) is 10.8 Å². The maximum absolute atomic E-state index is 13.1. The van der Waals surface area contributed by atoms with Crippen LogP contribution in [-0.4, -0.2) is 20.7 Å². The Labute approximate surface area is 439 Å². The number of hydrogen-bond donors (Lipinski definition) is 2. The first-order chi connectivity index (χ1) is 34.8. The lowest BCUT2D eigenvalue weighted by molar-refractivity contribution is 0.453. The van der Waals surface area contributed by atoms with Crippen molar-refractivity contribution in [2.75, 3.05) is 0 Å². The molecule has 1 aliphatic carbocycles. The highest BCUT2D eigenvalue weighted by molar-refractivity contribution is 8.03. The van der Waals surface area contributed by atoms with Gasteiger partial charge in [-0.05, 0) is 80.3 Å². The second kappa shape index (κ2) is 22.0. The van der Waals surface area contributed by atoms with Gasteiger partial charge in [0.2, 0.25) is 0 Å². The predicted octanol–water partition coefficient (Wildman–Crippen LogP) is 17.7. The topological polar surface area (TPSA) is 40.5 Å². The summed E-state index contributed by atoms with van der Waals surface area (Å²) in [6.07, 6.45) is 7.11. The third-order valence-electron chi connectivity index (χ3n) is 15.2. The van der Waals surface area contributed by atoms with Crippen LogP contribution in [0.2, 0.25) is 0 Å². The molecule has 1 fully saturated rings. The maximum atomic E-state index is 13.1. The molecule has 9 rings (SSSR count). The van der Waals surface area contributed by atoms with Crippen LogP contribution < -0.4 is 0 Å². The molecular weight excluding hydrogens is 913 g/mol. The van der Waals surface area contributed by atoms with Gasteiger partial charge in [-0.3, -0.25) is 0 Å². The number of aromatic hydroxyl groups is 2. The van der Waals surface area contributed by atoms with E-state index in [2.05, 4.69) is 248 Å². The van der Waals surface area contributed by atoms with Gasteiger partial charge in [0.15, 0.2) is 0 Å². The van der Waals surface area contributed by atoms with Crippen LogP contribution in [0.4, 0.5) is 0 Å². The largest absolute Gasteiger partial charge is 0.507 e. The van der Waals surface area contributed by atoms with Gasteiger partial charge in [-0.2, -0.15) is 23.5 Å².